The molecule has 0 aliphatic heterocycles. The lowest BCUT2D eigenvalue weighted by atomic mass is 10.2. The van der Waals surface area contributed by atoms with Crippen LogP contribution < -0.4 is 0 Å². The van der Waals surface area contributed by atoms with Crippen LogP contribution in [0.5, 0.6) is 0 Å². The Kier molecular flexibility index (Phi) is 5.48. The fraction of sp³-hybridized carbons (Fsp3) is 0.0625. The van der Waals surface area contributed by atoms with Crippen LogP contribution in [-0.4, -0.2) is 21.1 Å². The lowest BCUT2D eigenvalue weighted by molar-refractivity contribution is 0.767. The molecule has 1 heterocycles. The van der Waals surface area contributed by atoms with E-state index >= 15 is 0 Å². The highest BCUT2D eigenvalue weighted by atomic mass is 79.9. The maximum atomic E-state index is 6.17. The van der Waals surface area contributed by atoms with Crippen LogP contribution in [0.2, 0.25) is 5.02 Å². The molecule has 0 bridgehead atoms. The van der Waals surface area contributed by atoms with Crippen LogP contribution in [0.25, 0.3) is 0 Å². The molecule has 0 aliphatic carbocycles. The lowest BCUT2D eigenvalue weighted by Gasteiger charge is -2.03. The van der Waals surface area contributed by atoms with Crippen LogP contribution >= 0.6 is 39.3 Å². The Labute approximate surface area is 151 Å². The molecule has 0 saturated heterocycles. The summed E-state index contributed by atoms with van der Waals surface area (Å²) in [5.74, 6) is 0.714. The number of thioether (sulfide) groups is 1. The Morgan fingerprint density at radius 1 is 1.17 bits per heavy atom. The molecule has 0 spiro atoms. The van der Waals surface area contributed by atoms with E-state index in [4.69, 9.17) is 11.6 Å². The highest BCUT2D eigenvalue weighted by Crippen LogP contribution is 2.25. The molecule has 7 heteroatoms. The highest BCUT2D eigenvalue weighted by Gasteiger charge is 2.06. The molecule has 0 radical (unpaired) electrons. The molecule has 0 amide bonds. The van der Waals surface area contributed by atoms with Crippen molar-refractivity contribution in [1.29, 1.82) is 0 Å². The van der Waals surface area contributed by atoms with Gasteiger partial charge in [-0.1, -0.05) is 69.6 Å². The van der Waals surface area contributed by atoms with Gasteiger partial charge in [0.25, 0.3) is 0 Å². The minimum Gasteiger partial charge on any atom is -0.195 e. The molecule has 0 saturated carbocycles. The number of hydrogen-bond donors (Lipinski definition) is 0. The van der Waals surface area contributed by atoms with E-state index in [1.54, 1.807) is 29.0 Å². The molecule has 0 unspecified atom stereocenters. The van der Waals surface area contributed by atoms with E-state index in [0.717, 1.165) is 25.8 Å². The molecule has 3 rings (SSSR count). The third-order valence-corrected chi connectivity index (χ3v) is 4.90. The van der Waals surface area contributed by atoms with Crippen molar-refractivity contribution < 1.29 is 0 Å². The summed E-state index contributed by atoms with van der Waals surface area (Å²) in [6.07, 6.45) is 3.36. The van der Waals surface area contributed by atoms with Crippen LogP contribution in [0.4, 0.5) is 0 Å². The molecule has 116 valence electrons. The summed E-state index contributed by atoms with van der Waals surface area (Å²) in [5.41, 5.74) is 2.06. The van der Waals surface area contributed by atoms with Gasteiger partial charge in [0.2, 0.25) is 5.16 Å². The topological polar surface area (TPSA) is 43.1 Å². The third-order valence-electron chi connectivity index (χ3n) is 3.02. The van der Waals surface area contributed by atoms with Crippen molar-refractivity contribution in [2.75, 3.05) is 0 Å². The maximum Gasteiger partial charge on any atom is 0.212 e. The van der Waals surface area contributed by atoms with Crippen LogP contribution in [0.1, 0.15) is 11.1 Å². The van der Waals surface area contributed by atoms with Gasteiger partial charge in [-0.05, 0) is 29.3 Å². The molecule has 0 N–H and O–H groups in total. The fourth-order valence-electron chi connectivity index (χ4n) is 1.83. The van der Waals surface area contributed by atoms with Gasteiger partial charge in [-0.3, -0.25) is 0 Å². The van der Waals surface area contributed by atoms with Crippen molar-refractivity contribution in [2.24, 2.45) is 5.10 Å². The van der Waals surface area contributed by atoms with E-state index < -0.39 is 0 Å². The molecular formula is C16H12BrClN4S. The minimum absolute atomic E-state index is 0.714. The second kappa shape index (κ2) is 7.77. The first kappa shape index (κ1) is 16.2. The molecule has 3 aromatic rings. The van der Waals surface area contributed by atoms with Gasteiger partial charge in [0.15, 0.2) is 0 Å². The summed E-state index contributed by atoms with van der Waals surface area (Å²) in [7, 11) is 0. The molecule has 0 atom stereocenters. The maximum absolute atomic E-state index is 6.17. The molecule has 2 aromatic carbocycles. The largest absolute Gasteiger partial charge is 0.212 e. The monoisotopic (exact) mass is 406 g/mol. The van der Waals surface area contributed by atoms with E-state index in [2.05, 4.69) is 31.2 Å². The van der Waals surface area contributed by atoms with Crippen LogP contribution in [-0.2, 0) is 5.75 Å². The number of nitrogens with zero attached hydrogens (tertiary/aromatic N) is 4. The average Bonchev–Trinajstić information content (AvgIpc) is 3.01. The van der Waals surface area contributed by atoms with Gasteiger partial charge in [0.1, 0.15) is 6.33 Å². The number of aromatic nitrogens is 3. The zero-order valence-corrected chi connectivity index (χ0v) is 15.1. The normalized spacial score (nSPS) is 11.2. The third kappa shape index (κ3) is 4.43. The van der Waals surface area contributed by atoms with Crippen molar-refractivity contribution in [3.05, 3.63) is 75.5 Å². The zero-order chi connectivity index (χ0) is 16.1. The predicted molar refractivity (Wildman–Crippen MR) is 98.2 cm³/mol. The van der Waals surface area contributed by atoms with Gasteiger partial charge < -0.3 is 0 Å². The highest BCUT2D eigenvalue weighted by molar-refractivity contribution is 9.10. The van der Waals surface area contributed by atoms with Crippen molar-refractivity contribution in [3.63, 3.8) is 0 Å². The quantitative estimate of drug-likeness (QED) is 0.448. The Balaban J connectivity index is 1.70. The molecule has 0 aliphatic rings. The Bertz CT molecular complexity index is 817. The predicted octanol–water partition coefficient (Wildman–Crippen LogP) is 4.87. The summed E-state index contributed by atoms with van der Waals surface area (Å²) in [6.45, 7) is 0. The number of benzene rings is 2. The van der Waals surface area contributed by atoms with Crippen molar-refractivity contribution in [2.45, 2.75) is 10.9 Å². The zero-order valence-electron chi connectivity index (χ0n) is 11.9. The summed E-state index contributed by atoms with van der Waals surface area (Å²) in [5, 5.41) is 13.9. The molecule has 1 aromatic heterocycles. The Morgan fingerprint density at radius 3 is 2.74 bits per heavy atom. The summed E-state index contributed by atoms with van der Waals surface area (Å²) < 4.78 is 2.69. The molecule has 0 fully saturated rings. The van der Waals surface area contributed by atoms with Crippen LogP contribution in [0, 0.1) is 0 Å². The minimum atomic E-state index is 0.714. The summed E-state index contributed by atoms with van der Waals surface area (Å²) >= 11 is 11.1. The van der Waals surface area contributed by atoms with Crippen LogP contribution in [0.15, 0.2) is 69.6 Å². The summed E-state index contributed by atoms with van der Waals surface area (Å²) in [6, 6.07) is 15.7. The summed E-state index contributed by atoms with van der Waals surface area (Å²) in [4.78, 5) is 0. The van der Waals surface area contributed by atoms with Crippen molar-refractivity contribution >= 4 is 45.5 Å². The second-order valence-electron chi connectivity index (χ2n) is 4.63. The van der Waals surface area contributed by atoms with Crippen molar-refractivity contribution in [3.8, 4) is 0 Å². The number of rotatable bonds is 5. The first-order chi connectivity index (χ1) is 11.2. The van der Waals surface area contributed by atoms with Gasteiger partial charge in [-0.25, -0.2) is 0 Å². The van der Waals surface area contributed by atoms with E-state index in [9.17, 15) is 0 Å². The number of halogens is 2. The van der Waals surface area contributed by atoms with E-state index in [1.165, 1.54) is 0 Å². The van der Waals surface area contributed by atoms with Gasteiger partial charge in [-0.2, -0.15) is 9.78 Å². The molecule has 23 heavy (non-hydrogen) atoms. The SMILES string of the molecule is Clc1ccccc1CSc1nncn1N=Cc1ccc(Br)cc1. The van der Waals surface area contributed by atoms with E-state index in [-0.39, 0.29) is 0 Å². The Morgan fingerprint density at radius 2 is 1.96 bits per heavy atom. The lowest BCUT2D eigenvalue weighted by Crippen LogP contribution is -1.93. The van der Waals surface area contributed by atoms with Gasteiger partial charge in [-0.15, -0.1) is 10.2 Å². The van der Waals surface area contributed by atoms with E-state index in [1.807, 2.05) is 48.5 Å². The van der Waals surface area contributed by atoms with Gasteiger partial charge in [0, 0.05) is 15.2 Å². The standard InChI is InChI=1S/C16H12BrClN4S/c17-14-7-5-12(6-8-14)9-20-22-11-19-21-16(22)23-10-13-3-1-2-4-15(13)18/h1-9,11H,10H2. The molecular weight excluding hydrogens is 396 g/mol. The van der Waals surface area contributed by atoms with Crippen molar-refractivity contribution in [1.82, 2.24) is 14.9 Å². The average molecular weight is 408 g/mol. The number of hydrogen-bond acceptors (Lipinski definition) is 4. The smallest absolute Gasteiger partial charge is 0.195 e. The van der Waals surface area contributed by atoms with E-state index in [0.29, 0.717) is 5.75 Å². The molecule has 4 nitrogen and oxygen atoms in total. The first-order valence-corrected chi connectivity index (χ1v) is 8.94. The van der Waals surface area contributed by atoms with Crippen LogP contribution in [0.3, 0.4) is 0 Å². The Hall–Kier alpha value is -1.63. The van der Waals surface area contributed by atoms with Gasteiger partial charge >= 0.3 is 0 Å². The van der Waals surface area contributed by atoms with Gasteiger partial charge in [0.05, 0.1) is 6.21 Å². The second-order valence-corrected chi connectivity index (χ2v) is 6.90. The first-order valence-electron chi connectivity index (χ1n) is 6.78. The fourth-order valence-corrected chi connectivity index (χ4v) is 3.24.